The minimum absolute atomic E-state index is 0.0151. The van der Waals surface area contributed by atoms with E-state index in [0.29, 0.717) is 5.56 Å². The number of carbonyl (C=O) groups is 1. The van der Waals surface area contributed by atoms with E-state index in [2.05, 4.69) is 39.0 Å². The van der Waals surface area contributed by atoms with E-state index in [9.17, 15) is 4.79 Å². The minimum atomic E-state index is -0.461. The van der Waals surface area contributed by atoms with Crippen molar-refractivity contribution in [3.05, 3.63) is 54.4 Å². The van der Waals surface area contributed by atoms with Gasteiger partial charge in [0.25, 0.3) is 0 Å². The number of piperazine rings is 1. The van der Waals surface area contributed by atoms with Crippen LogP contribution >= 0.6 is 0 Å². The Hall–Kier alpha value is -2.94. The summed E-state index contributed by atoms with van der Waals surface area (Å²) in [6.45, 7) is 5.55. The van der Waals surface area contributed by atoms with Gasteiger partial charge in [0.1, 0.15) is 12.9 Å². The van der Waals surface area contributed by atoms with Crippen LogP contribution in [0.15, 0.2) is 48.8 Å². The number of imidazole rings is 1. The highest BCUT2D eigenvalue weighted by Gasteiger charge is 2.18. The number of carbonyl (C=O) groups excluding carboxylic acids is 1. The second-order valence-corrected chi connectivity index (χ2v) is 7.52. The number of esters is 1. The molecule has 1 N–H and O–H groups in total. The van der Waals surface area contributed by atoms with E-state index in [4.69, 9.17) is 14.6 Å². The lowest BCUT2D eigenvalue weighted by Gasteiger charge is -2.36. The molecule has 8 heteroatoms. The van der Waals surface area contributed by atoms with Crippen LogP contribution in [0, 0.1) is 0 Å². The van der Waals surface area contributed by atoms with Gasteiger partial charge in [-0.1, -0.05) is 6.07 Å². The molecule has 164 valence electrons. The predicted molar refractivity (Wildman–Crippen MR) is 119 cm³/mol. The quantitative estimate of drug-likeness (QED) is 0.554. The lowest BCUT2D eigenvalue weighted by atomic mass is 10.2. The summed E-state index contributed by atoms with van der Waals surface area (Å²) in [7, 11) is 1.74. The molecule has 1 aliphatic heterocycles. The number of hydrogen-bond donors (Lipinski definition) is 1. The van der Waals surface area contributed by atoms with Crippen molar-refractivity contribution in [1.29, 1.82) is 0 Å². The minimum Gasteiger partial charge on any atom is -0.460 e. The third-order valence-corrected chi connectivity index (χ3v) is 5.56. The number of aromatic nitrogens is 2. The van der Waals surface area contributed by atoms with E-state index in [1.807, 2.05) is 10.6 Å². The number of anilines is 1. The van der Waals surface area contributed by atoms with Gasteiger partial charge in [-0.05, 0) is 36.4 Å². The Kier molecular flexibility index (Phi) is 6.81. The number of rotatable bonds is 8. The topological polar surface area (TPSA) is 80.1 Å². The zero-order chi connectivity index (χ0) is 21.6. The molecule has 3 aromatic rings. The van der Waals surface area contributed by atoms with Gasteiger partial charge in [0.2, 0.25) is 0 Å². The molecule has 0 spiro atoms. The molecule has 2 heterocycles. The maximum absolute atomic E-state index is 12.0. The van der Waals surface area contributed by atoms with E-state index < -0.39 is 5.97 Å². The largest absolute Gasteiger partial charge is 0.460 e. The first-order valence-corrected chi connectivity index (χ1v) is 10.5. The molecule has 0 aliphatic carbocycles. The third-order valence-electron chi connectivity index (χ3n) is 5.56. The number of hydrogen-bond acceptors (Lipinski definition) is 7. The van der Waals surface area contributed by atoms with Crippen molar-refractivity contribution in [2.24, 2.45) is 0 Å². The van der Waals surface area contributed by atoms with Crippen molar-refractivity contribution in [3.63, 3.8) is 0 Å². The first kappa shape index (κ1) is 21.3. The van der Waals surface area contributed by atoms with Crippen LogP contribution in [0.3, 0.4) is 0 Å². The molecule has 0 unspecified atom stereocenters. The third kappa shape index (κ3) is 4.87. The van der Waals surface area contributed by atoms with Gasteiger partial charge in [0, 0.05) is 51.2 Å². The Bertz CT molecular complexity index is 1030. The summed E-state index contributed by atoms with van der Waals surface area (Å²) in [6.07, 6.45) is 1.77. The van der Waals surface area contributed by atoms with Crippen LogP contribution < -0.4 is 4.90 Å². The molecule has 2 aromatic carbocycles. The van der Waals surface area contributed by atoms with Crippen LogP contribution in [0.4, 0.5) is 5.69 Å². The zero-order valence-electron chi connectivity index (χ0n) is 17.7. The van der Waals surface area contributed by atoms with Gasteiger partial charge >= 0.3 is 5.97 Å². The number of ether oxygens (including phenoxy) is 2. The van der Waals surface area contributed by atoms with Gasteiger partial charge in [0.15, 0.2) is 0 Å². The summed E-state index contributed by atoms with van der Waals surface area (Å²) in [5, 5.41) is 8.82. The highest BCUT2D eigenvalue weighted by atomic mass is 16.5. The van der Waals surface area contributed by atoms with Crippen LogP contribution in [-0.4, -0.2) is 85.2 Å². The number of benzene rings is 2. The summed E-state index contributed by atoms with van der Waals surface area (Å²) in [5.74, 6) is -0.461. The normalized spacial score (nSPS) is 14.8. The van der Waals surface area contributed by atoms with Gasteiger partial charge in [0.05, 0.1) is 29.8 Å². The monoisotopic (exact) mass is 424 g/mol. The first-order valence-electron chi connectivity index (χ1n) is 10.5. The second kappa shape index (κ2) is 9.91. The molecule has 0 bridgehead atoms. The van der Waals surface area contributed by atoms with E-state index in [1.165, 1.54) is 5.69 Å². The van der Waals surface area contributed by atoms with Crippen LogP contribution in [0.25, 0.3) is 16.7 Å². The second-order valence-electron chi connectivity index (χ2n) is 7.52. The Labute approximate surface area is 181 Å². The number of fused-ring (bicyclic) bond motifs is 1. The molecule has 1 aliphatic rings. The van der Waals surface area contributed by atoms with Gasteiger partial charge < -0.3 is 19.5 Å². The summed E-state index contributed by atoms with van der Waals surface area (Å²) in [4.78, 5) is 21.3. The number of nitrogens with zero attached hydrogens (tertiary/aromatic N) is 4. The van der Waals surface area contributed by atoms with Gasteiger partial charge in [-0.2, -0.15) is 0 Å². The fourth-order valence-corrected chi connectivity index (χ4v) is 3.86. The molecule has 1 fully saturated rings. The lowest BCUT2D eigenvalue weighted by Crippen LogP contribution is -2.47. The Morgan fingerprint density at radius 3 is 2.65 bits per heavy atom. The van der Waals surface area contributed by atoms with E-state index in [0.717, 1.165) is 56.1 Å². The molecular formula is C23H28N4O4. The van der Waals surface area contributed by atoms with Crippen LogP contribution in [0.5, 0.6) is 0 Å². The zero-order valence-corrected chi connectivity index (χ0v) is 17.7. The first-order chi connectivity index (χ1) is 15.2. The maximum Gasteiger partial charge on any atom is 0.338 e. The van der Waals surface area contributed by atoms with Gasteiger partial charge in [-0.3, -0.25) is 9.47 Å². The van der Waals surface area contributed by atoms with Crippen LogP contribution in [0.2, 0.25) is 0 Å². The van der Waals surface area contributed by atoms with Crippen molar-refractivity contribution >= 4 is 22.7 Å². The molecule has 4 rings (SSSR count). The summed E-state index contributed by atoms with van der Waals surface area (Å²) in [6, 6.07) is 13.8. The smallest absolute Gasteiger partial charge is 0.338 e. The van der Waals surface area contributed by atoms with Crippen molar-refractivity contribution < 1.29 is 19.4 Å². The predicted octanol–water partition coefficient (Wildman–Crippen LogP) is 1.94. The van der Waals surface area contributed by atoms with Crippen molar-refractivity contribution in [3.8, 4) is 5.69 Å². The number of methoxy groups -OCH3 is 1. The maximum atomic E-state index is 12.0. The summed E-state index contributed by atoms with van der Waals surface area (Å²) < 4.78 is 12.2. The van der Waals surface area contributed by atoms with Crippen LogP contribution in [-0.2, 0) is 9.47 Å². The van der Waals surface area contributed by atoms with E-state index >= 15 is 0 Å². The Balaban J connectivity index is 1.51. The van der Waals surface area contributed by atoms with Crippen molar-refractivity contribution in [1.82, 2.24) is 14.5 Å². The molecule has 8 nitrogen and oxygen atoms in total. The summed E-state index contributed by atoms with van der Waals surface area (Å²) in [5.41, 5.74) is 4.27. The molecule has 0 radical (unpaired) electrons. The Morgan fingerprint density at radius 1 is 1.06 bits per heavy atom. The molecule has 1 saturated heterocycles. The molecule has 1 aromatic heterocycles. The molecule has 0 saturated carbocycles. The van der Waals surface area contributed by atoms with Gasteiger partial charge in [-0.15, -0.1) is 0 Å². The fourth-order valence-electron chi connectivity index (χ4n) is 3.86. The standard InChI is InChI=1S/C23H28N4O4/c1-30-13-11-25-7-9-26(10-8-25)19-3-2-4-20(16-19)27-17-24-21-15-18(5-6-22(21)27)23(29)31-14-12-28/h2-6,15-17,28H,7-14H2,1H3. The van der Waals surface area contributed by atoms with Crippen molar-refractivity contribution in [2.45, 2.75) is 0 Å². The van der Waals surface area contributed by atoms with Gasteiger partial charge in [-0.25, -0.2) is 9.78 Å². The lowest BCUT2D eigenvalue weighted by molar-refractivity contribution is 0.0434. The summed E-state index contributed by atoms with van der Waals surface area (Å²) >= 11 is 0. The highest BCUT2D eigenvalue weighted by molar-refractivity contribution is 5.94. The molecule has 31 heavy (non-hydrogen) atoms. The SMILES string of the molecule is COCCN1CCN(c2cccc(-n3cnc4cc(C(=O)OCCO)ccc43)c2)CC1. The Morgan fingerprint density at radius 2 is 1.87 bits per heavy atom. The molecular weight excluding hydrogens is 396 g/mol. The van der Waals surface area contributed by atoms with E-state index in [-0.39, 0.29) is 13.2 Å². The average molecular weight is 425 g/mol. The fraction of sp³-hybridized carbons (Fsp3) is 0.391. The van der Waals surface area contributed by atoms with Crippen LogP contribution in [0.1, 0.15) is 10.4 Å². The number of aliphatic hydroxyl groups excluding tert-OH is 1. The molecule has 0 amide bonds. The highest BCUT2D eigenvalue weighted by Crippen LogP contribution is 2.24. The molecule has 0 atom stereocenters. The van der Waals surface area contributed by atoms with E-state index in [1.54, 1.807) is 25.6 Å². The van der Waals surface area contributed by atoms with Crippen molar-refractivity contribution in [2.75, 3.05) is 64.6 Å². The number of aliphatic hydroxyl groups is 1. The average Bonchev–Trinajstić information content (AvgIpc) is 3.25.